The fraction of sp³-hybridized carbons (Fsp3) is 0.556. The molecule has 43 heavy (non-hydrogen) atoms. The molecule has 0 fully saturated rings. The summed E-state index contributed by atoms with van der Waals surface area (Å²) < 4.78 is 0. The third-order valence-electron chi connectivity index (χ3n) is 11.0. The zero-order valence-corrected chi connectivity index (χ0v) is 30.6. The standard InChI is InChI=1S/2C18H24O3.Zn/c2*1-11-17(2,3)13-8-6-12(7-9-15(19)16(20)21)10-14(13)18(11,4)5;/h2*6,8,10-11H,7,9H2,1-5H3,(H,20,21);/q;;+2/p-2. The van der Waals surface area contributed by atoms with Gasteiger partial charge in [0, 0.05) is 12.8 Å². The van der Waals surface area contributed by atoms with Gasteiger partial charge in [-0.3, -0.25) is 9.59 Å². The van der Waals surface area contributed by atoms with Crippen molar-refractivity contribution in [1.29, 1.82) is 0 Å². The van der Waals surface area contributed by atoms with Gasteiger partial charge < -0.3 is 19.8 Å². The van der Waals surface area contributed by atoms with Gasteiger partial charge in [0.1, 0.15) is 11.9 Å². The number of ketones is 2. The molecule has 0 saturated carbocycles. The molecule has 2 aliphatic rings. The number of benzene rings is 2. The number of carboxylic acid groups (broad SMARTS) is 2. The van der Waals surface area contributed by atoms with Crippen LogP contribution < -0.4 is 10.2 Å². The molecule has 0 aromatic heterocycles. The van der Waals surface area contributed by atoms with Crippen molar-refractivity contribution in [3.05, 3.63) is 69.8 Å². The van der Waals surface area contributed by atoms with Crippen molar-refractivity contribution in [2.45, 2.75) is 117 Å². The van der Waals surface area contributed by atoms with Crippen LogP contribution in [0.2, 0.25) is 0 Å². The predicted molar refractivity (Wildman–Crippen MR) is 160 cm³/mol. The summed E-state index contributed by atoms with van der Waals surface area (Å²) in [7, 11) is 0. The number of hydrogen-bond donors (Lipinski definition) is 0. The Morgan fingerprint density at radius 2 is 0.837 bits per heavy atom. The third-order valence-corrected chi connectivity index (χ3v) is 11.0. The zero-order valence-electron chi connectivity index (χ0n) is 27.6. The second kappa shape index (κ2) is 12.8. The molecule has 4 rings (SSSR count). The number of carboxylic acids is 2. The van der Waals surface area contributed by atoms with Crippen LogP contribution in [0.5, 0.6) is 0 Å². The Labute approximate surface area is 269 Å². The number of hydrogen-bond acceptors (Lipinski definition) is 6. The van der Waals surface area contributed by atoms with Crippen LogP contribution in [0.15, 0.2) is 36.4 Å². The van der Waals surface area contributed by atoms with Crippen LogP contribution in [0.25, 0.3) is 0 Å². The summed E-state index contributed by atoms with van der Waals surface area (Å²) in [5, 5.41) is 21.0. The first-order chi connectivity index (χ1) is 19.2. The maximum absolute atomic E-state index is 11.2. The quantitative estimate of drug-likeness (QED) is 0.315. The largest absolute Gasteiger partial charge is 2.00 e. The van der Waals surface area contributed by atoms with Gasteiger partial charge in [0.15, 0.2) is 11.6 Å². The van der Waals surface area contributed by atoms with E-state index in [2.05, 4.69) is 93.5 Å². The second-order valence-electron chi connectivity index (χ2n) is 14.5. The van der Waals surface area contributed by atoms with E-state index in [0.29, 0.717) is 24.7 Å². The van der Waals surface area contributed by atoms with Gasteiger partial charge in [-0.1, -0.05) is 106 Å². The Bertz CT molecular complexity index is 1310. The number of aryl methyl sites for hydroxylation is 2. The number of Topliss-reactive ketones (excluding diaryl/α,β-unsaturated/α-hetero) is 2. The summed E-state index contributed by atoms with van der Waals surface area (Å²) in [4.78, 5) is 43.3. The van der Waals surface area contributed by atoms with Crippen molar-refractivity contribution < 1.29 is 48.9 Å². The molecule has 228 valence electrons. The van der Waals surface area contributed by atoms with E-state index in [-0.39, 0.29) is 54.0 Å². The minimum absolute atomic E-state index is 0. The molecule has 7 heteroatoms. The first-order valence-corrected chi connectivity index (χ1v) is 14.9. The molecule has 0 saturated heterocycles. The monoisotopic (exact) mass is 638 g/mol. The van der Waals surface area contributed by atoms with Gasteiger partial charge in [-0.05, 0) is 79.7 Å². The zero-order chi connectivity index (χ0) is 32.0. The predicted octanol–water partition coefficient (Wildman–Crippen LogP) is 4.28. The molecule has 0 N–H and O–H groups in total. The van der Waals surface area contributed by atoms with Crippen molar-refractivity contribution in [3.63, 3.8) is 0 Å². The molecule has 2 aromatic rings. The SMILES string of the molecule is CC1C(C)(C)c2ccc(CCC(=O)C(=O)[O-])cc2C1(C)C.CC1C(C)(C)c2ccc(CCC(=O)C(=O)[O-])cc2C1(C)C.[Zn+2]. The van der Waals surface area contributed by atoms with Crippen molar-refractivity contribution in [2.24, 2.45) is 11.8 Å². The first kappa shape index (κ1) is 36.5. The normalized spacial score (nSPS) is 21.3. The molecule has 6 nitrogen and oxygen atoms in total. The van der Waals surface area contributed by atoms with E-state index in [0.717, 1.165) is 11.1 Å². The Morgan fingerprint density at radius 3 is 1.12 bits per heavy atom. The summed E-state index contributed by atoms with van der Waals surface area (Å²) in [5.41, 5.74) is 7.78. The van der Waals surface area contributed by atoms with Crippen LogP contribution in [0, 0.1) is 11.8 Å². The van der Waals surface area contributed by atoms with Crippen molar-refractivity contribution >= 4 is 23.5 Å². The van der Waals surface area contributed by atoms with E-state index in [9.17, 15) is 29.4 Å². The summed E-state index contributed by atoms with van der Waals surface area (Å²) in [5.74, 6) is -3.82. The van der Waals surface area contributed by atoms with Gasteiger partial charge in [-0.15, -0.1) is 0 Å². The molecule has 2 atom stereocenters. The number of aliphatic carboxylic acids is 2. The fourth-order valence-corrected chi connectivity index (χ4v) is 7.14. The summed E-state index contributed by atoms with van der Waals surface area (Å²) >= 11 is 0. The van der Waals surface area contributed by atoms with Crippen LogP contribution in [0.4, 0.5) is 0 Å². The minimum atomic E-state index is -1.59. The molecule has 2 aliphatic carbocycles. The van der Waals surface area contributed by atoms with E-state index < -0.39 is 23.5 Å². The van der Waals surface area contributed by atoms with Crippen LogP contribution >= 0.6 is 0 Å². The van der Waals surface area contributed by atoms with E-state index >= 15 is 0 Å². The Kier molecular flexibility index (Phi) is 10.8. The second-order valence-corrected chi connectivity index (χ2v) is 14.5. The summed E-state index contributed by atoms with van der Waals surface area (Å²) in [6, 6.07) is 12.6. The smallest absolute Gasteiger partial charge is 0.542 e. The third kappa shape index (κ3) is 6.87. The van der Waals surface area contributed by atoms with Crippen molar-refractivity contribution in [3.8, 4) is 0 Å². The molecule has 0 amide bonds. The maximum Gasteiger partial charge on any atom is 2.00 e. The van der Waals surface area contributed by atoms with Crippen LogP contribution in [-0.2, 0) is 73.2 Å². The summed E-state index contributed by atoms with van der Waals surface area (Å²) in [6.45, 7) is 22.6. The Hall–Kier alpha value is -2.66. The van der Waals surface area contributed by atoms with E-state index in [1.807, 2.05) is 12.1 Å². The van der Waals surface area contributed by atoms with Crippen molar-refractivity contribution in [2.75, 3.05) is 0 Å². The molecule has 0 radical (unpaired) electrons. The molecule has 2 unspecified atom stereocenters. The fourth-order valence-electron chi connectivity index (χ4n) is 7.14. The maximum atomic E-state index is 11.2. The summed E-state index contributed by atoms with van der Waals surface area (Å²) in [6.07, 6.45) is 0.900. The van der Waals surface area contributed by atoms with Gasteiger partial charge in [0.2, 0.25) is 0 Å². The molecule has 0 aliphatic heterocycles. The molecule has 0 heterocycles. The molecule has 0 bridgehead atoms. The van der Waals surface area contributed by atoms with Gasteiger partial charge in [0.05, 0.1) is 0 Å². The molecule has 0 spiro atoms. The number of fused-ring (bicyclic) bond motifs is 2. The average molecular weight is 640 g/mol. The number of rotatable bonds is 8. The van der Waals surface area contributed by atoms with E-state index in [1.54, 1.807) is 0 Å². The average Bonchev–Trinajstić information content (AvgIpc) is 3.14. The van der Waals surface area contributed by atoms with Crippen LogP contribution in [0.3, 0.4) is 0 Å². The molecular formula is C36H46O6Zn. The van der Waals surface area contributed by atoms with Gasteiger partial charge >= 0.3 is 19.5 Å². The van der Waals surface area contributed by atoms with Gasteiger partial charge in [-0.2, -0.15) is 0 Å². The Balaban J connectivity index is 0.000000293. The van der Waals surface area contributed by atoms with Gasteiger partial charge in [0.25, 0.3) is 0 Å². The molecule has 2 aromatic carbocycles. The van der Waals surface area contributed by atoms with E-state index in [1.165, 1.54) is 22.3 Å². The van der Waals surface area contributed by atoms with E-state index in [4.69, 9.17) is 0 Å². The van der Waals surface area contributed by atoms with Gasteiger partial charge in [-0.25, -0.2) is 0 Å². The number of carbonyl (C=O) groups is 4. The number of carbonyl (C=O) groups excluding carboxylic acids is 4. The van der Waals surface area contributed by atoms with Crippen LogP contribution in [-0.4, -0.2) is 23.5 Å². The minimum Gasteiger partial charge on any atom is -0.542 e. The van der Waals surface area contributed by atoms with Crippen LogP contribution in [0.1, 0.15) is 115 Å². The van der Waals surface area contributed by atoms with Crippen molar-refractivity contribution in [1.82, 2.24) is 0 Å². The topological polar surface area (TPSA) is 114 Å². The molecular weight excluding hydrogens is 594 g/mol. The Morgan fingerprint density at radius 1 is 0.558 bits per heavy atom. The first-order valence-electron chi connectivity index (χ1n) is 14.9.